The second-order valence-electron chi connectivity index (χ2n) is 19.6. The van der Waals surface area contributed by atoms with Crippen molar-refractivity contribution in [1.29, 1.82) is 0 Å². The lowest BCUT2D eigenvalue weighted by atomic mass is 9.83. The van der Waals surface area contributed by atoms with E-state index in [0.717, 1.165) is 42.5 Å². The summed E-state index contributed by atoms with van der Waals surface area (Å²) in [6.45, 7) is -4.29. The van der Waals surface area contributed by atoms with E-state index >= 15 is 0 Å². The first-order valence-electron chi connectivity index (χ1n) is 25.0. The van der Waals surface area contributed by atoms with Crippen molar-refractivity contribution in [3.8, 4) is 0 Å². The van der Waals surface area contributed by atoms with Crippen LogP contribution in [0.3, 0.4) is 0 Å². The van der Waals surface area contributed by atoms with E-state index < -0.39 is 260 Å². The zero-order valence-electron chi connectivity index (χ0n) is 46.6. The average Bonchev–Trinajstić information content (AvgIpc) is 0.808. The van der Waals surface area contributed by atoms with Crippen LogP contribution in [0.4, 0.5) is 0 Å². The van der Waals surface area contributed by atoms with E-state index in [-0.39, 0.29) is 0 Å². The summed E-state index contributed by atoms with van der Waals surface area (Å²) < 4.78 is 318. The van der Waals surface area contributed by atoms with Gasteiger partial charge in [-0.3, -0.25) is 27.3 Å². The Morgan fingerprint density at radius 3 is 1.33 bits per heavy atom. The fraction of sp³-hybridized carbons (Fsp3) is 0.947. The highest BCUT2D eigenvalue weighted by atomic mass is 32.3. The molecule has 0 aromatic carbocycles. The van der Waals surface area contributed by atoms with E-state index in [2.05, 4.69) is 16.7 Å². The van der Waals surface area contributed by atoms with E-state index in [9.17, 15) is 103 Å². The molecule has 7 saturated heterocycles. The first-order chi connectivity index (χ1) is 41.4. The van der Waals surface area contributed by atoms with Gasteiger partial charge in [0.15, 0.2) is 49.3 Å². The number of carbonyl (C=O) groups is 2. The average molecular weight is 1450 g/mol. The summed E-state index contributed by atoms with van der Waals surface area (Å²) in [5.41, 5.74) is -0.0691. The highest BCUT2D eigenvalue weighted by Crippen LogP contribution is 2.47. The Morgan fingerprint density at radius 2 is 0.889 bits per heavy atom. The number of carboxylic acids is 2. The molecule has 90 heavy (non-hydrogen) atoms. The molecule has 7 fully saturated rings. The lowest BCUT2D eigenvalue weighted by molar-refractivity contribution is -0.429. The number of carboxylic acid groups (broad SMARTS) is 2. The minimum absolute atomic E-state index is 0.800. The number of rotatable bonds is 31. The van der Waals surface area contributed by atoms with E-state index in [1.807, 2.05) is 0 Å². The van der Waals surface area contributed by atoms with Gasteiger partial charge in [0.2, 0.25) is 5.60 Å². The van der Waals surface area contributed by atoms with Crippen LogP contribution in [0.25, 0.3) is 0 Å². The van der Waals surface area contributed by atoms with Gasteiger partial charge in [-0.2, -0.15) is 50.5 Å². The van der Waals surface area contributed by atoms with Crippen LogP contribution in [0.2, 0.25) is 0 Å². The second kappa shape index (κ2) is 29.4. The van der Waals surface area contributed by atoms with E-state index in [1.54, 1.807) is 0 Å². The maximum absolute atomic E-state index is 13.6. The zero-order chi connectivity index (χ0) is 67.8. The lowest BCUT2D eigenvalue weighted by Gasteiger charge is -2.57. The number of aliphatic hydroxyl groups excluding tert-OH is 2. The van der Waals surface area contributed by atoms with Crippen molar-refractivity contribution < 1.29 is 204 Å². The fourth-order valence-electron chi connectivity index (χ4n) is 10.5. The molecule has 25 atom stereocenters. The lowest BCUT2D eigenvalue weighted by Crippen LogP contribution is -2.78. The van der Waals surface area contributed by atoms with Crippen molar-refractivity contribution in [3.63, 3.8) is 0 Å². The normalized spacial score (nSPS) is 40.7. The van der Waals surface area contributed by atoms with Gasteiger partial charge in [-0.15, -0.1) is 0 Å². The van der Waals surface area contributed by atoms with Crippen LogP contribution >= 0.6 is 0 Å². The third kappa shape index (κ3) is 18.1. The summed E-state index contributed by atoms with van der Waals surface area (Å²) in [6.07, 6.45) is -51.0. The summed E-state index contributed by atoms with van der Waals surface area (Å²) in [7, 11) is -29.8. The first kappa shape index (κ1) is 76.5. The summed E-state index contributed by atoms with van der Waals surface area (Å²) in [6, 6.07) is -1.87. The molecule has 7 aliphatic rings. The zero-order valence-corrected chi connectivity index (χ0v) is 51.5. The van der Waals surface area contributed by atoms with Crippen molar-refractivity contribution in [2.45, 2.75) is 166 Å². The standard InChI is InChI=1S/C38H63NO45S6/c1-7-37(35(42)43)28(78-30-15(39)17(41)16(40)12(73-30)8-70-85(46,47)48)22(65-3)24(67-5)33(80-37)77-19-14(10-72-87(52,53)54)75-32(27(84-90(61,62)63)21(19)82-88(55,56)57)79-29-23(66-4)25-34(81-38(29,11-69-25)36(44)45)76-18-13(9-71-86(49,50)51)74-31(68-6)26(20(18)64-2)83-89(58,59)60/h12-34,40-41H,7-11,39H2,1-6H3,(H,42,43)(H,44,45)(H,46,47,48)(H,49,50,51)(H,52,53,54)(H,55,56,57)(H,58,59,60)(H,61,62,63)/t12-,13-,14-,15-,16-,17-,18-,19-,20+,21+,22-,23-,24-,25-,26-,27-,28+,29+,30+,31+,32-,33-,34?,37+,38+/m1/s1. The maximum atomic E-state index is 13.6. The molecule has 0 saturated carbocycles. The van der Waals surface area contributed by atoms with Gasteiger partial charge < -0.3 is 97.2 Å². The number of aliphatic hydroxyl groups is 2. The van der Waals surface area contributed by atoms with Crippen LogP contribution in [0.1, 0.15) is 13.3 Å². The number of nitrogens with two attached hydrogens (primary N) is 1. The predicted molar refractivity (Wildman–Crippen MR) is 268 cm³/mol. The number of hydrogen-bond acceptors (Lipinski definition) is 38. The molecule has 7 aliphatic heterocycles. The molecule has 52 heteroatoms. The van der Waals surface area contributed by atoms with Crippen molar-refractivity contribution in [1.82, 2.24) is 0 Å². The number of methoxy groups -OCH3 is 5. The molecule has 0 aliphatic carbocycles. The largest absolute Gasteiger partial charge is 0.479 e. The molecule has 7 heterocycles. The molecule has 7 rings (SSSR count). The van der Waals surface area contributed by atoms with Gasteiger partial charge in [0, 0.05) is 35.5 Å². The molecule has 2 bridgehead atoms. The Kier molecular flexibility index (Phi) is 25.0. The molecule has 1 unspecified atom stereocenters. The number of ether oxygens (including phenoxy) is 15. The number of hydrogen-bond donors (Lipinski definition) is 11. The highest BCUT2D eigenvalue weighted by molar-refractivity contribution is 7.82. The third-order valence-corrected chi connectivity index (χ3v) is 17.0. The van der Waals surface area contributed by atoms with Gasteiger partial charge in [0.05, 0.1) is 32.5 Å². The fourth-order valence-corrected chi connectivity index (χ4v) is 12.9. The van der Waals surface area contributed by atoms with Crippen LogP contribution in [-0.4, -0.2) is 325 Å². The Morgan fingerprint density at radius 1 is 0.456 bits per heavy atom. The predicted octanol–water partition coefficient (Wildman–Crippen LogP) is -8.35. The minimum Gasteiger partial charge on any atom is -0.479 e. The summed E-state index contributed by atoms with van der Waals surface area (Å²) in [4.78, 5) is 27.2. The van der Waals surface area contributed by atoms with E-state index in [4.69, 9.17) is 89.7 Å². The quantitative estimate of drug-likeness (QED) is 0.0287. The molecule has 46 nitrogen and oxygen atoms in total. The molecule has 526 valence electrons. The monoisotopic (exact) mass is 1450 g/mol. The Hall–Kier alpha value is -2.56. The van der Waals surface area contributed by atoms with Gasteiger partial charge in [-0.25, -0.2) is 34.7 Å². The first-order valence-corrected chi connectivity index (χ1v) is 33.2. The molecule has 0 aromatic rings. The summed E-state index contributed by atoms with van der Waals surface area (Å²) in [5, 5.41) is 43.4. The molecule has 0 amide bonds. The molecular weight excluding hydrogens is 1380 g/mol. The number of aliphatic carboxylic acids is 2. The van der Waals surface area contributed by atoms with Crippen molar-refractivity contribution in [2.75, 3.05) is 62.0 Å². The molecule has 12 N–H and O–H groups in total. The Bertz CT molecular complexity index is 3180. The van der Waals surface area contributed by atoms with E-state index in [1.165, 1.54) is 0 Å². The van der Waals surface area contributed by atoms with Crippen LogP contribution in [0.5, 0.6) is 0 Å². The molecular formula is C38H63NO45S6. The van der Waals surface area contributed by atoms with Gasteiger partial charge >= 0.3 is 74.3 Å². The topological polar surface area (TPSA) is 661 Å². The van der Waals surface area contributed by atoms with Gasteiger partial charge in [0.25, 0.3) is 0 Å². The van der Waals surface area contributed by atoms with Crippen molar-refractivity contribution in [2.24, 2.45) is 5.73 Å². The van der Waals surface area contributed by atoms with Crippen molar-refractivity contribution >= 4 is 74.3 Å². The SMILES string of the molecule is CC[C@]1(C(=O)O)O[C@@H](O[C@H]2[C@H](OS(=O)(=O)O)[C@@H](OS(=O)(=O)O)[C@@H](O[C@H]3[C@H](OC)[C@H]4OC[C@]3(C(=O)O)OC4O[C@H]3[C@H](OC)[C@@H](OS(=O)(=O)O)[C@@H](OC)O[C@@H]3COS(=O)(=O)O)O[C@@H]2COS(=O)(=O)O)[C@H](OC)[C@@H](OC)[C@@H]1O[C@@H]1O[C@H](COS(=O)(=O)O)[C@@H](O)[C@H](O)[C@H]1N. The third-order valence-electron chi connectivity index (χ3n) is 14.3. The summed E-state index contributed by atoms with van der Waals surface area (Å²) in [5.74, 6) is -4.18. The second-order valence-corrected chi connectivity index (χ2v) is 26.0. The van der Waals surface area contributed by atoms with Crippen LogP contribution < -0.4 is 5.73 Å². The van der Waals surface area contributed by atoms with Gasteiger partial charge in [-0.05, 0) is 6.42 Å². The summed E-state index contributed by atoms with van der Waals surface area (Å²) >= 11 is 0. The van der Waals surface area contributed by atoms with Crippen LogP contribution in [-0.2, 0) is 168 Å². The van der Waals surface area contributed by atoms with Crippen LogP contribution in [0, 0.1) is 0 Å². The Labute approximate surface area is 509 Å². The van der Waals surface area contributed by atoms with Crippen molar-refractivity contribution in [3.05, 3.63) is 0 Å². The highest BCUT2D eigenvalue weighted by Gasteiger charge is 2.70. The molecule has 0 aromatic heterocycles. The minimum atomic E-state index is -6.16. The number of fused-ring (bicyclic) bond motifs is 3. The molecule has 0 spiro atoms. The van der Waals surface area contributed by atoms with Gasteiger partial charge in [-0.1, -0.05) is 6.92 Å². The Balaban J connectivity index is 1.43. The van der Waals surface area contributed by atoms with E-state index in [0.29, 0.717) is 0 Å². The maximum Gasteiger partial charge on any atom is 0.397 e. The molecule has 0 radical (unpaired) electrons. The van der Waals surface area contributed by atoms with Crippen LogP contribution in [0.15, 0.2) is 0 Å². The smallest absolute Gasteiger partial charge is 0.397 e. The van der Waals surface area contributed by atoms with Gasteiger partial charge in [0.1, 0.15) is 91.6 Å².